The van der Waals surface area contributed by atoms with Gasteiger partial charge in [-0.2, -0.15) is 0 Å². The Balaban J connectivity index is 2.68. The maximum Gasteiger partial charge on any atom is 0.335 e. The van der Waals surface area contributed by atoms with Crippen LogP contribution in [0.3, 0.4) is 0 Å². The number of para-hydroxylation sites is 1. The maximum atomic E-state index is 11.2. The summed E-state index contributed by atoms with van der Waals surface area (Å²) < 4.78 is 5.34. The molecule has 0 aliphatic heterocycles. The lowest BCUT2D eigenvalue weighted by Gasteiger charge is -2.13. The maximum absolute atomic E-state index is 11.2. The molecule has 2 aromatic rings. The van der Waals surface area contributed by atoms with Gasteiger partial charge in [0.25, 0.3) is 0 Å². The number of hydrogen-bond acceptors (Lipinski definition) is 2. The van der Waals surface area contributed by atoms with Crippen LogP contribution in [0.25, 0.3) is 11.1 Å². The van der Waals surface area contributed by atoms with Gasteiger partial charge in [-0.05, 0) is 42.7 Å². The lowest BCUT2D eigenvalue weighted by Crippen LogP contribution is -2.01. The van der Waals surface area contributed by atoms with Crippen molar-refractivity contribution >= 4 is 5.97 Å². The van der Waals surface area contributed by atoms with Crippen molar-refractivity contribution in [2.75, 3.05) is 7.11 Å². The fourth-order valence-electron chi connectivity index (χ4n) is 2.24. The predicted octanol–water partition coefficient (Wildman–Crippen LogP) is 3.68. The van der Waals surface area contributed by atoms with Crippen LogP contribution in [0.2, 0.25) is 0 Å². The largest absolute Gasteiger partial charge is 0.496 e. The van der Waals surface area contributed by atoms with E-state index in [1.54, 1.807) is 13.2 Å². The standard InChI is InChI=1S/C16H16O3/c1-10-8-11(2)14(16(17)18)9-13(10)12-6-4-5-7-15(12)19-3/h4-9H,1-3H3,(H,17,18). The van der Waals surface area contributed by atoms with Crippen LogP contribution in [-0.4, -0.2) is 18.2 Å². The van der Waals surface area contributed by atoms with Gasteiger partial charge in [0.05, 0.1) is 12.7 Å². The number of rotatable bonds is 3. The van der Waals surface area contributed by atoms with Gasteiger partial charge in [0, 0.05) is 5.56 Å². The Hall–Kier alpha value is -2.29. The molecule has 3 nitrogen and oxygen atoms in total. The van der Waals surface area contributed by atoms with Crippen molar-refractivity contribution in [1.29, 1.82) is 0 Å². The average molecular weight is 256 g/mol. The van der Waals surface area contributed by atoms with E-state index in [1.165, 1.54) is 0 Å². The number of aryl methyl sites for hydroxylation is 2. The van der Waals surface area contributed by atoms with E-state index >= 15 is 0 Å². The fraction of sp³-hybridized carbons (Fsp3) is 0.188. The van der Waals surface area contributed by atoms with E-state index in [0.29, 0.717) is 5.56 Å². The Morgan fingerprint density at radius 2 is 1.74 bits per heavy atom. The van der Waals surface area contributed by atoms with Gasteiger partial charge in [-0.1, -0.05) is 24.3 Å². The summed E-state index contributed by atoms with van der Waals surface area (Å²) in [4.78, 5) is 11.2. The highest BCUT2D eigenvalue weighted by atomic mass is 16.5. The SMILES string of the molecule is COc1ccccc1-c1cc(C(=O)O)c(C)cc1C. The van der Waals surface area contributed by atoms with Crippen LogP contribution in [-0.2, 0) is 0 Å². The van der Waals surface area contributed by atoms with Crippen molar-refractivity contribution in [2.24, 2.45) is 0 Å². The highest BCUT2D eigenvalue weighted by molar-refractivity contribution is 5.92. The molecule has 0 heterocycles. The molecule has 3 heteroatoms. The summed E-state index contributed by atoms with van der Waals surface area (Å²) in [6, 6.07) is 11.2. The zero-order valence-corrected chi connectivity index (χ0v) is 11.2. The molecule has 2 aromatic carbocycles. The Bertz CT molecular complexity index is 630. The smallest absolute Gasteiger partial charge is 0.335 e. The Kier molecular flexibility index (Phi) is 3.56. The first kappa shape index (κ1) is 13.1. The number of methoxy groups -OCH3 is 1. The van der Waals surface area contributed by atoms with Crippen LogP contribution in [0.4, 0.5) is 0 Å². The van der Waals surface area contributed by atoms with Gasteiger partial charge < -0.3 is 9.84 Å². The van der Waals surface area contributed by atoms with Gasteiger partial charge in [-0.25, -0.2) is 4.79 Å². The minimum Gasteiger partial charge on any atom is -0.496 e. The van der Waals surface area contributed by atoms with Gasteiger partial charge in [-0.3, -0.25) is 0 Å². The molecule has 98 valence electrons. The quantitative estimate of drug-likeness (QED) is 0.911. The van der Waals surface area contributed by atoms with Gasteiger partial charge in [-0.15, -0.1) is 0 Å². The minimum absolute atomic E-state index is 0.325. The molecular formula is C16H16O3. The summed E-state index contributed by atoms with van der Waals surface area (Å²) in [5.74, 6) is -0.167. The average Bonchev–Trinajstić information content (AvgIpc) is 2.38. The number of benzene rings is 2. The highest BCUT2D eigenvalue weighted by Crippen LogP contribution is 2.33. The van der Waals surface area contributed by atoms with E-state index < -0.39 is 5.97 Å². The van der Waals surface area contributed by atoms with Crippen molar-refractivity contribution in [3.8, 4) is 16.9 Å². The van der Waals surface area contributed by atoms with Crippen LogP contribution in [0, 0.1) is 13.8 Å². The van der Waals surface area contributed by atoms with Gasteiger partial charge in [0.15, 0.2) is 0 Å². The second-order valence-corrected chi connectivity index (χ2v) is 4.49. The molecule has 0 atom stereocenters. The molecule has 0 aromatic heterocycles. The third-order valence-corrected chi connectivity index (χ3v) is 3.20. The lowest BCUT2D eigenvalue weighted by molar-refractivity contribution is 0.0696. The lowest BCUT2D eigenvalue weighted by atomic mass is 9.94. The van der Waals surface area contributed by atoms with Gasteiger partial charge >= 0.3 is 5.97 Å². The number of carboxylic acid groups (broad SMARTS) is 1. The Labute approximate surface area is 112 Å². The number of aromatic carboxylic acids is 1. The molecule has 0 aliphatic rings. The second-order valence-electron chi connectivity index (χ2n) is 4.49. The van der Waals surface area contributed by atoms with Gasteiger partial charge in [0.1, 0.15) is 5.75 Å². The molecule has 0 fully saturated rings. The fourth-order valence-corrected chi connectivity index (χ4v) is 2.24. The van der Waals surface area contributed by atoms with E-state index in [9.17, 15) is 9.90 Å². The molecule has 0 radical (unpaired) electrons. The molecule has 1 N–H and O–H groups in total. The predicted molar refractivity (Wildman–Crippen MR) is 74.9 cm³/mol. The van der Waals surface area contributed by atoms with E-state index in [2.05, 4.69) is 0 Å². The summed E-state index contributed by atoms with van der Waals surface area (Å²) in [5, 5.41) is 9.22. The Morgan fingerprint density at radius 3 is 2.37 bits per heavy atom. The second kappa shape index (κ2) is 5.14. The zero-order chi connectivity index (χ0) is 14.0. The van der Waals surface area contributed by atoms with E-state index in [-0.39, 0.29) is 0 Å². The summed E-state index contributed by atoms with van der Waals surface area (Å²) in [5.41, 5.74) is 3.92. The van der Waals surface area contributed by atoms with Crippen LogP contribution in [0.1, 0.15) is 21.5 Å². The molecule has 0 bridgehead atoms. The summed E-state index contributed by atoms with van der Waals surface area (Å²) in [6.07, 6.45) is 0. The molecule has 0 saturated heterocycles. The number of carbonyl (C=O) groups is 1. The summed E-state index contributed by atoms with van der Waals surface area (Å²) in [7, 11) is 1.61. The third-order valence-electron chi connectivity index (χ3n) is 3.20. The minimum atomic E-state index is -0.909. The monoisotopic (exact) mass is 256 g/mol. The highest BCUT2D eigenvalue weighted by Gasteiger charge is 2.14. The van der Waals surface area contributed by atoms with Crippen LogP contribution in [0.5, 0.6) is 5.75 Å². The van der Waals surface area contributed by atoms with Crippen molar-refractivity contribution in [1.82, 2.24) is 0 Å². The topological polar surface area (TPSA) is 46.5 Å². The molecule has 2 rings (SSSR count). The summed E-state index contributed by atoms with van der Waals surface area (Å²) >= 11 is 0. The van der Waals surface area contributed by atoms with Crippen LogP contribution in [0.15, 0.2) is 36.4 Å². The first-order valence-corrected chi connectivity index (χ1v) is 6.02. The van der Waals surface area contributed by atoms with E-state index in [0.717, 1.165) is 28.0 Å². The summed E-state index contributed by atoms with van der Waals surface area (Å²) in [6.45, 7) is 3.78. The molecule has 0 saturated carbocycles. The normalized spacial score (nSPS) is 10.3. The van der Waals surface area contributed by atoms with Crippen molar-refractivity contribution in [3.63, 3.8) is 0 Å². The first-order chi connectivity index (χ1) is 9.04. The van der Waals surface area contributed by atoms with Crippen molar-refractivity contribution in [2.45, 2.75) is 13.8 Å². The molecule has 0 amide bonds. The Morgan fingerprint density at radius 1 is 1.05 bits per heavy atom. The van der Waals surface area contributed by atoms with E-state index in [1.807, 2.05) is 44.2 Å². The number of ether oxygens (including phenoxy) is 1. The van der Waals surface area contributed by atoms with Crippen LogP contribution >= 0.6 is 0 Å². The molecule has 19 heavy (non-hydrogen) atoms. The molecule has 0 aliphatic carbocycles. The van der Waals surface area contributed by atoms with Crippen molar-refractivity contribution in [3.05, 3.63) is 53.1 Å². The van der Waals surface area contributed by atoms with E-state index in [4.69, 9.17) is 4.74 Å². The third kappa shape index (κ3) is 2.45. The van der Waals surface area contributed by atoms with Crippen molar-refractivity contribution < 1.29 is 14.6 Å². The number of hydrogen-bond donors (Lipinski definition) is 1. The van der Waals surface area contributed by atoms with Crippen LogP contribution < -0.4 is 4.74 Å². The molecule has 0 spiro atoms. The van der Waals surface area contributed by atoms with Gasteiger partial charge in [0.2, 0.25) is 0 Å². The molecule has 0 unspecified atom stereocenters. The first-order valence-electron chi connectivity index (χ1n) is 6.02. The number of carboxylic acids is 1. The molecular weight excluding hydrogens is 240 g/mol. The zero-order valence-electron chi connectivity index (χ0n) is 11.2.